The van der Waals surface area contributed by atoms with Gasteiger partial charge in [0.05, 0.1) is 17.8 Å². The molecular formula is C20H21N3OS3. The first kappa shape index (κ1) is 18.7. The second kappa shape index (κ2) is 8.12. The highest BCUT2D eigenvalue weighted by atomic mass is 32.2. The molecule has 2 aromatic heterocycles. The predicted molar refractivity (Wildman–Crippen MR) is 115 cm³/mol. The van der Waals surface area contributed by atoms with E-state index in [9.17, 15) is 4.79 Å². The van der Waals surface area contributed by atoms with Crippen molar-refractivity contribution < 1.29 is 4.79 Å². The molecule has 140 valence electrons. The summed E-state index contributed by atoms with van der Waals surface area (Å²) in [5.74, 6) is -0.0410. The van der Waals surface area contributed by atoms with E-state index in [2.05, 4.69) is 33.5 Å². The van der Waals surface area contributed by atoms with Gasteiger partial charge in [-0.25, -0.2) is 9.97 Å². The molecule has 4 rings (SSSR count). The SMILES string of the molecule is CSc1nc(C)c(CC(=O)Nc2nc(-c3ccc4c(c3)CCCC4)cs2)s1. The average Bonchev–Trinajstić information content (AvgIpc) is 3.28. The van der Waals surface area contributed by atoms with E-state index in [1.807, 2.05) is 18.6 Å². The van der Waals surface area contributed by atoms with Gasteiger partial charge in [-0.15, -0.1) is 22.7 Å². The highest BCUT2D eigenvalue weighted by Gasteiger charge is 2.15. The van der Waals surface area contributed by atoms with Crippen LogP contribution in [0.2, 0.25) is 0 Å². The number of amides is 1. The minimum absolute atomic E-state index is 0.0410. The Balaban J connectivity index is 1.44. The van der Waals surface area contributed by atoms with Crippen LogP contribution < -0.4 is 5.32 Å². The first-order chi connectivity index (χ1) is 13.1. The van der Waals surface area contributed by atoms with Gasteiger partial charge in [0, 0.05) is 15.8 Å². The van der Waals surface area contributed by atoms with E-state index in [1.54, 1.807) is 23.1 Å². The molecule has 1 aliphatic rings. The molecule has 1 N–H and O–H groups in total. The lowest BCUT2D eigenvalue weighted by atomic mass is 9.90. The summed E-state index contributed by atoms with van der Waals surface area (Å²) in [5, 5.41) is 5.61. The van der Waals surface area contributed by atoms with Gasteiger partial charge in [-0.3, -0.25) is 4.79 Å². The minimum Gasteiger partial charge on any atom is -0.302 e. The molecular weight excluding hydrogens is 394 g/mol. The number of benzene rings is 1. The zero-order chi connectivity index (χ0) is 18.8. The van der Waals surface area contributed by atoms with E-state index < -0.39 is 0 Å². The number of rotatable bonds is 5. The number of anilines is 1. The lowest BCUT2D eigenvalue weighted by molar-refractivity contribution is -0.115. The molecule has 3 aromatic rings. The number of carbonyl (C=O) groups excluding carboxylic acids is 1. The Morgan fingerprint density at radius 2 is 2.04 bits per heavy atom. The Kier molecular flexibility index (Phi) is 5.61. The van der Waals surface area contributed by atoms with Crippen LogP contribution in [0.25, 0.3) is 11.3 Å². The van der Waals surface area contributed by atoms with Crippen LogP contribution in [0.15, 0.2) is 27.9 Å². The number of thiazole rings is 2. The highest BCUT2D eigenvalue weighted by molar-refractivity contribution is 8.00. The van der Waals surface area contributed by atoms with Crippen LogP contribution >= 0.6 is 34.4 Å². The number of aryl methyl sites for hydroxylation is 3. The van der Waals surface area contributed by atoms with Gasteiger partial charge in [0.15, 0.2) is 5.13 Å². The van der Waals surface area contributed by atoms with Crippen LogP contribution in [0.5, 0.6) is 0 Å². The van der Waals surface area contributed by atoms with Crippen molar-refractivity contribution in [1.82, 2.24) is 9.97 Å². The normalized spacial score (nSPS) is 13.4. The molecule has 0 saturated carbocycles. The molecule has 1 amide bonds. The molecule has 0 bridgehead atoms. The monoisotopic (exact) mass is 415 g/mol. The van der Waals surface area contributed by atoms with Crippen molar-refractivity contribution >= 4 is 45.5 Å². The third-order valence-corrected chi connectivity index (χ3v) is 7.66. The van der Waals surface area contributed by atoms with Gasteiger partial charge in [-0.05, 0) is 56.1 Å². The number of hydrogen-bond acceptors (Lipinski definition) is 6. The van der Waals surface area contributed by atoms with E-state index in [4.69, 9.17) is 0 Å². The number of aromatic nitrogens is 2. The van der Waals surface area contributed by atoms with Gasteiger partial charge < -0.3 is 5.32 Å². The fourth-order valence-electron chi connectivity index (χ4n) is 3.32. The van der Waals surface area contributed by atoms with Gasteiger partial charge in [0.1, 0.15) is 4.34 Å². The number of nitrogens with zero attached hydrogens (tertiary/aromatic N) is 2. The second-order valence-electron chi connectivity index (χ2n) is 6.65. The van der Waals surface area contributed by atoms with E-state index in [0.29, 0.717) is 11.6 Å². The van der Waals surface area contributed by atoms with Gasteiger partial charge in [0.2, 0.25) is 5.91 Å². The lowest BCUT2D eigenvalue weighted by Crippen LogP contribution is -2.14. The average molecular weight is 416 g/mol. The molecule has 0 spiro atoms. The smallest absolute Gasteiger partial charge is 0.231 e. The lowest BCUT2D eigenvalue weighted by Gasteiger charge is -2.16. The van der Waals surface area contributed by atoms with Crippen LogP contribution in [0, 0.1) is 6.92 Å². The molecule has 0 aliphatic heterocycles. The third kappa shape index (κ3) is 4.25. The Bertz CT molecular complexity index is 977. The van der Waals surface area contributed by atoms with Crippen LogP contribution in [-0.2, 0) is 24.1 Å². The Morgan fingerprint density at radius 1 is 1.22 bits per heavy atom. The Morgan fingerprint density at radius 3 is 2.81 bits per heavy atom. The number of carbonyl (C=O) groups is 1. The number of thioether (sulfide) groups is 1. The van der Waals surface area contributed by atoms with Gasteiger partial charge >= 0.3 is 0 Å². The Labute approximate surface area is 171 Å². The highest BCUT2D eigenvalue weighted by Crippen LogP contribution is 2.30. The number of nitrogens with one attached hydrogen (secondary N) is 1. The molecule has 0 radical (unpaired) electrons. The summed E-state index contributed by atoms with van der Waals surface area (Å²) in [6.07, 6.45) is 7.24. The quantitative estimate of drug-likeness (QED) is 0.570. The summed E-state index contributed by atoms with van der Waals surface area (Å²) in [6.45, 7) is 1.95. The Hall–Kier alpha value is -1.70. The first-order valence-corrected chi connectivity index (χ1v) is 11.9. The largest absolute Gasteiger partial charge is 0.302 e. The summed E-state index contributed by atoms with van der Waals surface area (Å²) in [7, 11) is 0. The van der Waals surface area contributed by atoms with Gasteiger partial charge in [0.25, 0.3) is 0 Å². The predicted octanol–water partition coefficient (Wildman–Crippen LogP) is 5.36. The number of hydrogen-bond donors (Lipinski definition) is 1. The summed E-state index contributed by atoms with van der Waals surface area (Å²) in [6, 6.07) is 6.65. The zero-order valence-corrected chi connectivity index (χ0v) is 17.8. The van der Waals surface area contributed by atoms with Crippen molar-refractivity contribution in [1.29, 1.82) is 0 Å². The molecule has 0 fully saturated rings. The van der Waals surface area contributed by atoms with Crippen LogP contribution in [0.4, 0.5) is 5.13 Å². The molecule has 27 heavy (non-hydrogen) atoms. The van der Waals surface area contributed by atoms with E-state index in [1.165, 1.54) is 41.7 Å². The molecule has 0 unspecified atom stereocenters. The molecule has 0 saturated heterocycles. The maximum atomic E-state index is 12.4. The fourth-order valence-corrected chi connectivity index (χ4v) is 5.71. The molecule has 1 aliphatic carbocycles. The van der Waals surface area contributed by atoms with E-state index in [0.717, 1.165) is 32.6 Å². The van der Waals surface area contributed by atoms with Crippen LogP contribution in [0.1, 0.15) is 34.5 Å². The van der Waals surface area contributed by atoms with Gasteiger partial charge in [-0.1, -0.05) is 23.9 Å². The van der Waals surface area contributed by atoms with Crippen molar-refractivity contribution in [3.8, 4) is 11.3 Å². The standard InChI is InChI=1S/C20H21N3OS3/c1-12-17(27-20(21-12)25-2)10-18(24)23-19-22-16(11-26-19)15-8-7-13-5-3-4-6-14(13)9-15/h7-9,11H,3-6,10H2,1-2H3,(H,22,23,24). The van der Waals surface area contributed by atoms with Gasteiger partial charge in [-0.2, -0.15) is 0 Å². The fraction of sp³-hybridized carbons (Fsp3) is 0.350. The summed E-state index contributed by atoms with van der Waals surface area (Å²) < 4.78 is 0.999. The van der Waals surface area contributed by atoms with E-state index in [-0.39, 0.29) is 5.91 Å². The van der Waals surface area contributed by atoms with Crippen molar-refractivity contribution in [3.05, 3.63) is 45.3 Å². The van der Waals surface area contributed by atoms with Crippen LogP contribution in [0.3, 0.4) is 0 Å². The molecule has 0 atom stereocenters. The summed E-state index contributed by atoms with van der Waals surface area (Å²) in [5.41, 5.74) is 5.92. The van der Waals surface area contributed by atoms with Crippen molar-refractivity contribution in [3.63, 3.8) is 0 Å². The van der Waals surface area contributed by atoms with Crippen LogP contribution in [-0.4, -0.2) is 22.1 Å². The molecule has 2 heterocycles. The third-order valence-electron chi connectivity index (χ3n) is 4.76. The molecule has 4 nitrogen and oxygen atoms in total. The van der Waals surface area contributed by atoms with E-state index >= 15 is 0 Å². The number of fused-ring (bicyclic) bond motifs is 1. The maximum Gasteiger partial charge on any atom is 0.231 e. The first-order valence-electron chi connectivity index (χ1n) is 9.00. The van der Waals surface area contributed by atoms with Crippen molar-refractivity contribution in [2.75, 3.05) is 11.6 Å². The summed E-state index contributed by atoms with van der Waals surface area (Å²) >= 11 is 4.67. The minimum atomic E-state index is -0.0410. The molecule has 1 aromatic carbocycles. The maximum absolute atomic E-state index is 12.4. The van der Waals surface area contributed by atoms with Crippen molar-refractivity contribution in [2.45, 2.75) is 43.4 Å². The summed E-state index contributed by atoms with van der Waals surface area (Å²) in [4.78, 5) is 22.5. The topological polar surface area (TPSA) is 54.9 Å². The van der Waals surface area contributed by atoms with Crippen molar-refractivity contribution in [2.24, 2.45) is 0 Å². The molecule has 7 heteroatoms. The zero-order valence-electron chi connectivity index (χ0n) is 15.4. The second-order valence-corrected chi connectivity index (χ2v) is 9.64.